The van der Waals surface area contributed by atoms with Crippen LogP contribution in [0.3, 0.4) is 0 Å². The third-order valence-corrected chi connectivity index (χ3v) is 3.70. The molecule has 1 heterocycles. The molecule has 4 nitrogen and oxygen atoms in total. The summed E-state index contributed by atoms with van der Waals surface area (Å²) in [5.74, 6) is -1.76. The number of aromatic nitrogens is 1. The molecule has 2 rings (SSSR count). The van der Waals surface area contributed by atoms with Crippen molar-refractivity contribution in [2.24, 2.45) is 0 Å². The van der Waals surface area contributed by atoms with Crippen LogP contribution in [-0.2, 0) is 0 Å². The molecule has 0 aliphatic heterocycles. The lowest BCUT2D eigenvalue weighted by Crippen LogP contribution is -2.03. The molecule has 98 valence electrons. The Morgan fingerprint density at radius 2 is 2.16 bits per heavy atom. The fraction of sp³-hybridized carbons (Fsp3) is 0. The monoisotopic (exact) mass is 342 g/mol. The van der Waals surface area contributed by atoms with E-state index in [1.54, 1.807) is 18.3 Å². The van der Waals surface area contributed by atoms with Crippen LogP contribution in [0.2, 0.25) is 0 Å². The highest BCUT2D eigenvalue weighted by molar-refractivity contribution is 9.10. The molecule has 0 bridgehead atoms. The summed E-state index contributed by atoms with van der Waals surface area (Å²) in [7, 11) is 0. The molecule has 0 saturated heterocycles. The largest absolute Gasteiger partial charge is 0.478 e. The van der Waals surface area contributed by atoms with Crippen molar-refractivity contribution < 1.29 is 14.3 Å². The predicted molar refractivity (Wildman–Crippen MR) is 73.8 cm³/mol. The maximum absolute atomic E-state index is 13.7. The van der Waals surface area contributed by atoms with Gasteiger partial charge in [0.15, 0.2) is 0 Å². The third-order valence-electron chi connectivity index (χ3n) is 2.25. The highest BCUT2D eigenvalue weighted by Gasteiger charge is 2.14. The lowest BCUT2D eigenvalue weighted by atomic mass is 10.2. The van der Waals surface area contributed by atoms with Gasteiger partial charge in [0.05, 0.1) is 10.5 Å². The summed E-state index contributed by atoms with van der Waals surface area (Å²) in [5, 5.41) is 9.51. The van der Waals surface area contributed by atoms with E-state index in [0.717, 1.165) is 22.3 Å². The standard InChI is InChI=1S/C12H8BrFN2O2S/c13-6-1-2-11(16-5-6)19-10-3-7(12(17)18)9(15)4-8(10)14/h1-5H,15H2,(H,17,18). The number of anilines is 1. The Morgan fingerprint density at radius 3 is 2.74 bits per heavy atom. The first-order valence-corrected chi connectivity index (χ1v) is 6.70. The number of nitrogens with zero attached hydrogens (tertiary/aromatic N) is 1. The minimum atomic E-state index is -1.19. The zero-order chi connectivity index (χ0) is 14.0. The lowest BCUT2D eigenvalue weighted by molar-refractivity contribution is 0.0697. The molecule has 0 amide bonds. The number of hydrogen-bond donors (Lipinski definition) is 2. The van der Waals surface area contributed by atoms with Gasteiger partial charge in [-0.25, -0.2) is 14.2 Å². The molecule has 3 N–H and O–H groups in total. The molecule has 0 spiro atoms. The number of nitrogen functional groups attached to an aromatic ring is 1. The van der Waals surface area contributed by atoms with E-state index in [0.29, 0.717) is 5.03 Å². The van der Waals surface area contributed by atoms with Gasteiger partial charge < -0.3 is 10.8 Å². The number of carboxylic acids is 1. The van der Waals surface area contributed by atoms with Crippen LogP contribution in [0, 0.1) is 5.82 Å². The zero-order valence-corrected chi connectivity index (χ0v) is 11.8. The van der Waals surface area contributed by atoms with Crippen LogP contribution in [0.5, 0.6) is 0 Å². The van der Waals surface area contributed by atoms with Crippen molar-refractivity contribution in [3.8, 4) is 0 Å². The smallest absolute Gasteiger partial charge is 0.337 e. The number of pyridine rings is 1. The van der Waals surface area contributed by atoms with Crippen LogP contribution in [0.1, 0.15) is 10.4 Å². The Hall–Kier alpha value is -1.60. The minimum Gasteiger partial charge on any atom is -0.478 e. The molecule has 0 unspecified atom stereocenters. The molecule has 0 radical (unpaired) electrons. The number of rotatable bonds is 3. The van der Waals surface area contributed by atoms with Gasteiger partial charge in [-0.15, -0.1) is 0 Å². The summed E-state index contributed by atoms with van der Waals surface area (Å²) in [6.45, 7) is 0. The summed E-state index contributed by atoms with van der Waals surface area (Å²) in [4.78, 5) is 15.2. The Bertz CT molecular complexity index is 634. The van der Waals surface area contributed by atoms with Crippen molar-refractivity contribution in [3.63, 3.8) is 0 Å². The number of nitrogens with two attached hydrogens (primary N) is 1. The Morgan fingerprint density at radius 1 is 1.42 bits per heavy atom. The molecule has 2 aromatic rings. The molecule has 0 saturated carbocycles. The van der Waals surface area contributed by atoms with Gasteiger partial charge in [0.2, 0.25) is 0 Å². The molecule has 1 aromatic heterocycles. The van der Waals surface area contributed by atoms with Gasteiger partial charge in [-0.05, 0) is 40.2 Å². The van der Waals surface area contributed by atoms with Gasteiger partial charge in [0.1, 0.15) is 10.8 Å². The van der Waals surface area contributed by atoms with Gasteiger partial charge in [-0.1, -0.05) is 11.8 Å². The first-order valence-electron chi connectivity index (χ1n) is 5.09. The number of carboxylic acid groups (broad SMARTS) is 1. The Balaban J connectivity index is 2.37. The maximum atomic E-state index is 13.7. The number of benzene rings is 1. The topological polar surface area (TPSA) is 76.2 Å². The van der Waals surface area contributed by atoms with Crippen LogP contribution < -0.4 is 5.73 Å². The van der Waals surface area contributed by atoms with Gasteiger partial charge in [0, 0.05) is 16.4 Å². The average molecular weight is 343 g/mol. The highest BCUT2D eigenvalue weighted by atomic mass is 79.9. The van der Waals surface area contributed by atoms with Crippen LogP contribution >= 0.6 is 27.7 Å². The van der Waals surface area contributed by atoms with Crippen molar-refractivity contribution in [1.82, 2.24) is 4.98 Å². The molecule has 19 heavy (non-hydrogen) atoms. The van der Waals surface area contributed by atoms with Crippen LogP contribution in [-0.4, -0.2) is 16.1 Å². The van der Waals surface area contributed by atoms with Gasteiger partial charge in [-0.2, -0.15) is 0 Å². The highest BCUT2D eigenvalue weighted by Crippen LogP contribution is 2.31. The number of carbonyl (C=O) groups is 1. The molecule has 0 aliphatic rings. The van der Waals surface area contributed by atoms with E-state index in [4.69, 9.17) is 10.8 Å². The normalized spacial score (nSPS) is 10.4. The second kappa shape index (κ2) is 5.58. The molecule has 0 aliphatic carbocycles. The van der Waals surface area contributed by atoms with Crippen molar-refractivity contribution in [1.29, 1.82) is 0 Å². The third kappa shape index (κ3) is 3.24. The molecular formula is C12H8BrFN2O2S. The van der Waals surface area contributed by atoms with E-state index in [-0.39, 0.29) is 16.1 Å². The molecule has 0 fully saturated rings. The minimum absolute atomic E-state index is 0.0990. The lowest BCUT2D eigenvalue weighted by Gasteiger charge is -2.06. The summed E-state index contributed by atoms with van der Waals surface area (Å²) in [6, 6.07) is 5.68. The van der Waals surface area contributed by atoms with E-state index in [2.05, 4.69) is 20.9 Å². The first kappa shape index (κ1) is 13.8. The van der Waals surface area contributed by atoms with Crippen molar-refractivity contribution in [3.05, 3.63) is 46.3 Å². The fourth-order valence-corrected chi connectivity index (χ4v) is 2.40. The van der Waals surface area contributed by atoms with Crippen molar-refractivity contribution >= 4 is 39.3 Å². The summed E-state index contributed by atoms with van der Waals surface area (Å²) >= 11 is 4.28. The molecule has 1 aromatic carbocycles. The maximum Gasteiger partial charge on any atom is 0.337 e. The van der Waals surface area contributed by atoms with E-state index in [1.165, 1.54) is 6.07 Å². The number of halogens is 2. The van der Waals surface area contributed by atoms with Crippen molar-refractivity contribution in [2.75, 3.05) is 5.73 Å². The number of hydrogen-bond acceptors (Lipinski definition) is 4. The zero-order valence-electron chi connectivity index (χ0n) is 9.43. The van der Waals surface area contributed by atoms with E-state index in [1.807, 2.05) is 0 Å². The summed E-state index contributed by atoms with van der Waals surface area (Å²) < 4.78 is 14.5. The van der Waals surface area contributed by atoms with Crippen LogP contribution in [0.15, 0.2) is 44.9 Å². The second-order valence-electron chi connectivity index (χ2n) is 3.59. The van der Waals surface area contributed by atoms with Gasteiger partial charge in [0.25, 0.3) is 0 Å². The Labute approximate surface area is 121 Å². The average Bonchev–Trinajstić information content (AvgIpc) is 2.34. The Kier molecular flexibility index (Phi) is 4.06. The van der Waals surface area contributed by atoms with Gasteiger partial charge in [-0.3, -0.25) is 0 Å². The summed E-state index contributed by atoms with van der Waals surface area (Å²) in [5.41, 5.74) is 5.23. The number of aromatic carboxylic acids is 1. The molecular weight excluding hydrogens is 335 g/mol. The SMILES string of the molecule is Nc1cc(F)c(Sc2ccc(Br)cn2)cc1C(=O)O. The van der Waals surface area contributed by atoms with E-state index < -0.39 is 11.8 Å². The summed E-state index contributed by atoms with van der Waals surface area (Å²) in [6.07, 6.45) is 1.58. The quantitative estimate of drug-likeness (QED) is 0.836. The van der Waals surface area contributed by atoms with E-state index >= 15 is 0 Å². The first-order chi connectivity index (χ1) is 8.97. The predicted octanol–water partition coefficient (Wildman–Crippen LogP) is 3.41. The fourth-order valence-electron chi connectivity index (χ4n) is 1.37. The van der Waals surface area contributed by atoms with Crippen LogP contribution in [0.4, 0.5) is 10.1 Å². The van der Waals surface area contributed by atoms with Crippen LogP contribution in [0.25, 0.3) is 0 Å². The second-order valence-corrected chi connectivity index (χ2v) is 5.57. The van der Waals surface area contributed by atoms with Gasteiger partial charge >= 0.3 is 5.97 Å². The van der Waals surface area contributed by atoms with E-state index in [9.17, 15) is 9.18 Å². The molecule has 7 heteroatoms. The van der Waals surface area contributed by atoms with Crippen molar-refractivity contribution in [2.45, 2.75) is 9.92 Å². The molecule has 0 atom stereocenters.